The van der Waals surface area contributed by atoms with Gasteiger partial charge in [0, 0.05) is 11.9 Å². The third kappa shape index (κ3) is 4.07. The summed E-state index contributed by atoms with van der Waals surface area (Å²) < 4.78 is 39.5. The fraction of sp³-hybridized carbons (Fsp3) is 0.353. The molecule has 0 unspecified atom stereocenters. The minimum Gasteiger partial charge on any atom is -0.324 e. The monoisotopic (exact) mass is 353 g/mol. The molecule has 0 aliphatic rings. The van der Waals surface area contributed by atoms with Crippen LogP contribution >= 0.6 is 0 Å². The SMILES string of the molecule is C=CCN(CC(F)(F)F)C(=O)c1nn(C(C)C)c(=O)c2ccccc12. The molecule has 0 aliphatic heterocycles. The lowest BCUT2D eigenvalue weighted by molar-refractivity contribution is -0.139. The Morgan fingerprint density at radius 1 is 1.32 bits per heavy atom. The maximum absolute atomic E-state index is 12.8. The van der Waals surface area contributed by atoms with Crippen molar-refractivity contribution in [3.63, 3.8) is 0 Å². The van der Waals surface area contributed by atoms with E-state index in [1.54, 1.807) is 26.0 Å². The van der Waals surface area contributed by atoms with Gasteiger partial charge in [-0.05, 0) is 19.9 Å². The Balaban J connectivity index is 2.65. The fourth-order valence-electron chi connectivity index (χ4n) is 2.46. The van der Waals surface area contributed by atoms with Crippen molar-refractivity contribution < 1.29 is 18.0 Å². The summed E-state index contributed by atoms with van der Waals surface area (Å²) in [5.41, 5.74) is -0.580. The second-order valence-corrected chi connectivity index (χ2v) is 5.83. The lowest BCUT2D eigenvalue weighted by Crippen LogP contribution is -2.40. The number of amides is 1. The molecule has 1 amide bonds. The molecular weight excluding hydrogens is 335 g/mol. The molecule has 0 spiro atoms. The molecule has 0 fully saturated rings. The van der Waals surface area contributed by atoms with Gasteiger partial charge >= 0.3 is 6.18 Å². The predicted molar refractivity (Wildman–Crippen MR) is 88.5 cm³/mol. The summed E-state index contributed by atoms with van der Waals surface area (Å²) in [5.74, 6) is -0.900. The van der Waals surface area contributed by atoms with E-state index in [0.29, 0.717) is 4.90 Å². The summed E-state index contributed by atoms with van der Waals surface area (Å²) in [6.07, 6.45) is -3.34. The van der Waals surface area contributed by atoms with E-state index >= 15 is 0 Å². The van der Waals surface area contributed by atoms with Gasteiger partial charge in [-0.3, -0.25) is 9.59 Å². The number of carbonyl (C=O) groups is 1. The molecule has 0 atom stereocenters. The number of nitrogens with zero attached hydrogens (tertiary/aromatic N) is 3. The molecule has 2 aromatic rings. The molecule has 1 aromatic heterocycles. The average Bonchev–Trinajstić information content (AvgIpc) is 2.53. The highest BCUT2D eigenvalue weighted by Crippen LogP contribution is 2.21. The smallest absolute Gasteiger partial charge is 0.324 e. The summed E-state index contributed by atoms with van der Waals surface area (Å²) in [6, 6.07) is 5.90. The van der Waals surface area contributed by atoms with Crippen LogP contribution < -0.4 is 5.56 Å². The number of aromatic nitrogens is 2. The Bertz CT molecular complexity index is 856. The highest BCUT2D eigenvalue weighted by Gasteiger charge is 2.34. The van der Waals surface area contributed by atoms with Gasteiger partial charge in [-0.15, -0.1) is 6.58 Å². The van der Waals surface area contributed by atoms with Crippen molar-refractivity contribution in [3.8, 4) is 0 Å². The van der Waals surface area contributed by atoms with Crippen LogP contribution in [0.5, 0.6) is 0 Å². The molecule has 0 saturated heterocycles. The molecule has 1 heterocycles. The lowest BCUT2D eigenvalue weighted by atomic mass is 10.1. The van der Waals surface area contributed by atoms with Crippen LogP contribution in [-0.2, 0) is 0 Å². The standard InChI is InChI=1S/C17H18F3N3O2/c1-4-9-22(10-17(18,19)20)16(25)14-12-7-5-6-8-13(12)15(24)23(21-14)11(2)3/h4-8,11H,1,9-10H2,2-3H3. The largest absolute Gasteiger partial charge is 0.406 e. The zero-order valence-corrected chi connectivity index (χ0v) is 13.9. The van der Waals surface area contributed by atoms with E-state index in [9.17, 15) is 22.8 Å². The van der Waals surface area contributed by atoms with Gasteiger partial charge < -0.3 is 4.90 Å². The van der Waals surface area contributed by atoms with Gasteiger partial charge in [-0.25, -0.2) is 4.68 Å². The molecule has 0 aliphatic carbocycles. The first-order chi connectivity index (χ1) is 11.7. The summed E-state index contributed by atoms with van der Waals surface area (Å²) in [6.45, 7) is 5.09. The van der Waals surface area contributed by atoms with E-state index in [2.05, 4.69) is 11.7 Å². The Kier molecular flexibility index (Phi) is 5.30. The van der Waals surface area contributed by atoms with Gasteiger partial charge in [-0.2, -0.15) is 18.3 Å². The maximum Gasteiger partial charge on any atom is 0.406 e. The first-order valence-electron chi connectivity index (χ1n) is 7.64. The summed E-state index contributed by atoms with van der Waals surface area (Å²) >= 11 is 0. The average molecular weight is 353 g/mol. The molecule has 0 bridgehead atoms. The van der Waals surface area contributed by atoms with Crippen LogP contribution in [-0.4, -0.2) is 39.9 Å². The number of benzene rings is 1. The molecule has 1 aromatic carbocycles. The molecular formula is C17H18F3N3O2. The zero-order valence-electron chi connectivity index (χ0n) is 13.9. The zero-order chi connectivity index (χ0) is 18.8. The van der Waals surface area contributed by atoms with E-state index in [1.807, 2.05) is 0 Å². The van der Waals surface area contributed by atoms with Gasteiger partial charge in [0.05, 0.1) is 11.4 Å². The molecule has 8 heteroatoms. The number of fused-ring (bicyclic) bond motifs is 1. The molecule has 134 valence electrons. The van der Waals surface area contributed by atoms with Crippen LogP contribution in [0.15, 0.2) is 41.7 Å². The normalized spacial score (nSPS) is 11.8. The Morgan fingerprint density at radius 2 is 1.92 bits per heavy atom. The topological polar surface area (TPSA) is 55.2 Å². The van der Waals surface area contributed by atoms with Crippen LogP contribution in [0, 0.1) is 0 Å². The van der Waals surface area contributed by atoms with E-state index in [0.717, 1.165) is 4.68 Å². The van der Waals surface area contributed by atoms with Crippen molar-refractivity contribution in [2.45, 2.75) is 26.1 Å². The van der Waals surface area contributed by atoms with Crippen molar-refractivity contribution in [2.75, 3.05) is 13.1 Å². The van der Waals surface area contributed by atoms with E-state index in [4.69, 9.17) is 0 Å². The van der Waals surface area contributed by atoms with E-state index in [-0.39, 0.29) is 29.1 Å². The molecule has 5 nitrogen and oxygen atoms in total. The molecule has 25 heavy (non-hydrogen) atoms. The number of carbonyl (C=O) groups excluding carboxylic acids is 1. The van der Waals surface area contributed by atoms with Crippen LogP contribution in [0.25, 0.3) is 10.8 Å². The van der Waals surface area contributed by atoms with E-state index in [1.165, 1.54) is 18.2 Å². The molecule has 0 N–H and O–H groups in total. The second-order valence-electron chi connectivity index (χ2n) is 5.83. The predicted octanol–water partition coefficient (Wildman–Crippen LogP) is 3.17. The van der Waals surface area contributed by atoms with Gasteiger partial charge in [0.2, 0.25) is 0 Å². The minimum atomic E-state index is -4.55. The Labute approximate surface area is 142 Å². The van der Waals surface area contributed by atoms with Crippen molar-refractivity contribution in [1.29, 1.82) is 0 Å². The minimum absolute atomic E-state index is 0.185. The van der Waals surface area contributed by atoms with Crippen molar-refractivity contribution in [3.05, 3.63) is 53.0 Å². The fourth-order valence-corrected chi connectivity index (χ4v) is 2.46. The molecule has 2 rings (SSSR count). The van der Waals surface area contributed by atoms with Crippen molar-refractivity contribution >= 4 is 16.7 Å². The van der Waals surface area contributed by atoms with Crippen LogP contribution in [0.3, 0.4) is 0 Å². The third-order valence-electron chi connectivity index (χ3n) is 3.53. The third-order valence-corrected chi connectivity index (χ3v) is 3.53. The summed E-state index contributed by atoms with van der Waals surface area (Å²) in [4.78, 5) is 25.8. The van der Waals surface area contributed by atoms with Gasteiger partial charge in [-0.1, -0.05) is 24.3 Å². The summed E-state index contributed by atoms with van der Waals surface area (Å²) in [7, 11) is 0. The summed E-state index contributed by atoms with van der Waals surface area (Å²) in [5, 5.41) is 4.51. The van der Waals surface area contributed by atoms with Crippen molar-refractivity contribution in [1.82, 2.24) is 14.7 Å². The molecule has 0 saturated carbocycles. The first-order valence-corrected chi connectivity index (χ1v) is 7.64. The quantitative estimate of drug-likeness (QED) is 0.776. The van der Waals surface area contributed by atoms with Crippen molar-refractivity contribution in [2.24, 2.45) is 0 Å². The van der Waals surface area contributed by atoms with Gasteiger partial charge in [0.25, 0.3) is 11.5 Å². The van der Waals surface area contributed by atoms with Gasteiger partial charge in [0.1, 0.15) is 6.54 Å². The first kappa shape index (κ1) is 18.7. The number of hydrogen-bond acceptors (Lipinski definition) is 3. The number of alkyl halides is 3. The lowest BCUT2D eigenvalue weighted by Gasteiger charge is -2.23. The second kappa shape index (κ2) is 7.08. The highest BCUT2D eigenvalue weighted by atomic mass is 19.4. The van der Waals surface area contributed by atoms with Gasteiger partial charge in [0.15, 0.2) is 5.69 Å². The number of rotatable bonds is 5. The van der Waals surface area contributed by atoms with Crippen LogP contribution in [0.4, 0.5) is 13.2 Å². The van der Waals surface area contributed by atoms with E-state index < -0.39 is 24.2 Å². The number of halogens is 3. The Morgan fingerprint density at radius 3 is 2.44 bits per heavy atom. The maximum atomic E-state index is 12.8. The number of hydrogen-bond donors (Lipinski definition) is 0. The Hall–Kier alpha value is -2.64. The molecule has 0 radical (unpaired) electrons. The highest BCUT2D eigenvalue weighted by molar-refractivity contribution is 6.04. The van der Waals surface area contributed by atoms with Crippen LogP contribution in [0.1, 0.15) is 30.4 Å². The van der Waals surface area contributed by atoms with Crippen LogP contribution in [0.2, 0.25) is 0 Å².